The Hall–Kier alpha value is -1.82. The molecule has 0 radical (unpaired) electrons. The fourth-order valence-corrected chi connectivity index (χ4v) is 2.07. The molecule has 0 aromatic carbocycles. The Labute approximate surface area is 119 Å². The van der Waals surface area contributed by atoms with E-state index in [2.05, 4.69) is 15.6 Å². The molecule has 1 fully saturated rings. The molecule has 1 saturated heterocycles. The summed E-state index contributed by atoms with van der Waals surface area (Å²) in [5, 5.41) is 5.67. The number of urea groups is 1. The van der Waals surface area contributed by atoms with Crippen LogP contribution in [-0.2, 0) is 11.3 Å². The van der Waals surface area contributed by atoms with Crippen molar-refractivity contribution < 1.29 is 9.53 Å². The van der Waals surface area contributed by atoms with Crippen LogP contribution in [0.3, 0.4) is 0 Å². The Kier molecular flexibility index (Phi) is 5.17. The van der Waals surface area contributed by atoms with Crippen LogP contribution in [0.25, 0.3) is 0 Å². The predicted octanol–water partition coefficient (Wildman–Crippen LogP) is 1.13. The molecule has 0 spiro atoms. The fraction of sp³-hybridized carbons (Fsp3) is 0.571. The van der Waals surface area contributed by atoms with E-state index >= 15 is 0 Å². The van der Waals surface area contributed by atoms with E-state index in [0.717, 1.165) is 30.8 Å². The van der Waals surface area contributed by atoms with E-state index in [9.17, 15) is 4.79 Å². The summed E-state index contributed by atoms with van der Waals surface area (Å²) in [6.07, 6.45) is 4.02. The van der Waals surface area contributed by atoms with Gasteiger partial charge in [0.1, 0.15) is 5.82 Å². The van der Waals surface area contributed by atoms with Gasteiger partial charge in [-0.1, -0.05) is 0 Å². The number of nitrogens with zero attached hydrogens (tertiary/aromatic N) is 2. The molecular weight excluding hydrogens is 256 g/mol. The maximum absolute atomic E-state index is 11.7. The monoisotopic (exact) mass is 278 g/mol. The first-order valence-corrected chi connectivity index (χ1v) is 6.90. The summed E-state index contributed by atoms with van der Waals surface area (Å²) in [7, 11) is 3.88. The van der Waals surface area contributed by atoms with E-state index in [0.29, 0.717) is 13.1 Å². The number of aromatic nitrogens is 1. The van der Waals surface area contributed by atoms with E-state index in [1.165, 1.54) is 0 Å². The van der Waals surface area contributed by atoms with Gasteiger partial charge in [0.2, 0.25) is 0 Å². The minimum absolute atomic E-state index is 0.163. The third kappa shape index (κ3) is 4.38. The van der Waals surface area contributed by atoms with Crippen molar-refractivity contribution in [2.45, 2.75) is 25.5 Å². The lowest BCUT2D eigenvalue weighted by Gasteiger charge is -2.13. The molecule has 20 heavy (non-hydrogen) atoms. The molecule has 0 unspecified atom stereocenters. The van der Waals surface area contributed by atoms with Crippen LogP contribution in [0.15, 0.2) is 18.3 Å². The van der Waals surface area contributed by atoms with Crippen molar-refractivity contribution in [1.29, 1.82) is 0 Å². The molecule has 2 amide bonds. The van der Waals surface area contributed by atoms with E-state index in [1.54, 1.807) is 6.20 Å². The van der Waals surface area contributed by atoms with Gasteiger partial charge in [-0.25, -0.2) is 9.78 Å². The Morgan fingerprint density at radius 3 is 3.05 bits per heavy atom. The lowest BCUT2D eigenvalue weighted by atomic mass is 10.2. The molecule has 0 aliphatic carbocycles. The zero-order chi connectivity index (χ0) is 14.4. The van der Waals surface area contributed by atoms with Crippen molar-refractivity contribution in [3.05, 3.63) is 23.9 Å². The van der Waals surface area contributed by atoms with Gasteiger partial charge in [-0.15, -0.1) is 0 Å². The van der Waals surface area contributed by atoms with Crippen LogP contribution in [0.4, 0.5) is 10.6 Å². The molecular formula is C14H22N4O2. The summed E-state index contributed by atoms with van der Waals surface area (Å²) < 4.78 is 5.45. The van der Waals surface area contributed by atoms with Crippen LogP contribution >= 0.6 is 0 Å². The standard InChI is InChI=1S/C14H22N4O2/c1-18(2)13-8-11(5-6-15-13)9-16-14(19)17-10-12-4-3-7-20-12/h5-6,8,12H,3-4,7,9-10H2,1-2H3,(H2,16,17,19)/t12-/m0/s1. The molecule has 1 atom stereocenters. The van der Waals surface area contributed by atoms with Gasteiger partial charge in [-0.3, -0.25) is 0 Å². The van der Waals surface area contributed by atoms with Crippen molar-refractivity contribution in [3.63, 3.8) is 0 Å². The number of pyridine rings is 1. The van der Waals surface area contributed by atoms with Crippen LogP contribution in [0.1, 0.15) is 18.4 Å². The van der Waals surface area contributed by atoms with Crippen molar-refractivity contribution in [2.24, 2.45) is 0 Å². The molecule has 0 bridgehead atoms. The van der Waals surface area contributed by atoms with Crippen molar-refractivity contribution >= 4 is 11.8 Å². The lowest BCUT2D eigenvalue weighted by molar-refractivity contribution is 0.111. The Morgan fingerprint density at radius 1 is 1.50 bits per heavy atom. The number of carbonyl (C=O) groups is 1. The van der Waals surface area contributed by atoms with E-state index in [4.69, 9.17) is 4.74 Å². The van der Waals surface area contributed by atoms with Gasteiger partial charge in [-0.05, 0) is 30.5 Å². The molecule has 1 aromatic rings. The van der Waals surface area contributed by atoms with Crippen molar-refractivity contribution in [3.8, 4) is 0 Å². The molecule has 110 valence electrons. The van der Waals surface area contributed by atoms with Gasteiger partial charge in [0, 0.05) is 40.0 Å². The Morgan fingerprint density at radius 2 is 2.35 bits per heavy atom. The first-order valence-electron chi connectivity index (χ1n) is 6.90. The molecule has 1 aromatic heterocycles. The number of nitrogens with one attached hydrogen (secondary N) is 2. The summed E-state index contributed by atoms with van der Waals surface area (Å²) in [5.74, 6) is 0.879. The van der Waals surface area contributed by atoms with Crippen LogP contribution in [0.2, 0.25) is 0 Å². The molecule has 1 aliphatic rings. The summed E-state index contributed by atoms with van der Waals surface area (Å²) in [6, 6.07) is 3.69. The number of anilines is 1. The highest BCUT2D eigenvalue weighted by Crippen LogP contribution is 2.11. The van der Waals surface area contributed by atoms with Crippen LogP contribution in [0.5, 0.6) is 0 Å². The molecule has 6 nitrogen and oxygen atoms in total. The molecule has 6 heteroatoms. The summed E-state index contributed by atoms with van der Waals surface area (Å²) in [4.78, 5) is 17.9. The summed E-state index contributed by atoms with van der Waals surface area (Å²) in [6.45, 7) is 1.87. The first kappa shape index (κ1) is 14.6. The van der Waals surface area contributed by atoms with Crippen molar-refractivity contribution in [2.75, 3.05) is 32.1 Å². The quantitative estimate of drug-likeness (QED) is 0.847. The Bertz CT molecular complexity index is 445. The fourth-order valence-electron chi connectivity index (χ4n) is 2.07. The third-order valence-electron chi connectivity index (χ3n) is 3.24. The number of ether oxygens (including phenoxy) is 1. The highest BCUT2D eigenvalue weighted by molar-refractivity contribution is 5.73. The molecule has 2 N–H and O–H groups in total. The van der Waals surface area contributed by atoms with E-state index in [-0.39, 0.29) is 12.1 Å². The van der Waals surface area contributed by atoms with Gasteiger partial charge in [-0.2, -0.15) is 0 Å². The van der Waals surface area contributed by atoms with Gasteiger partial charge >= 0.3 is 6.03 Å². The van der Waals surface area contributed by atoms with Crippen LogP contribution < -0.4 is 15.5 Å². The van der Waals surface area contributed by atoms with E-state index < -0.39 is 0 Å². The van der Waals surface area contributed by atoms with Gasteiger partial charge in [0.25, 0.3) is 0 Å². The second-order valence-electron chi connectivity index (χ2n) is 5.12. The molecule has 2 heterocycles. The number of carbonyl (C=O) groups excluding carboxylic acids is 1. The van der Waals surface area contributed by atoms with Gasteiger partial charge in [0.15, 0.2) is 0 Å². The number of rotatable bonds is 5. The second-order valence-corrected chi connectivity index (χ2v) is 5.12. The topological polar surface area (TPSA) is 66.5 Å². The number of hydrogen-bond acceptors (Lipinski definition) is 4. The minimum atomic E-state index is -0.163. The average molecular weight is 278 g/mol. The number of amides is 2. The van der Waals surface area contributed by atoms with Gasteiger partial charge in [0.05, 0.1) is 6.10 Å². The zero-order valence-corrected chi connectivity index (χ0v) is 12.1. The Balaban J connectivity index is 1.73. The highest BCUT2D eigenvalue weighted by Gasteiger charge is 2.15. The minimum Gasteiger partial charge on any atom is -0.376 e. The van der Waals surface area contributed by atoms with Crippen molar-refractivity contribution in [1.82, 2.24) is 15.6 Å². The van der Waals surface area contributed by atoms with Crippen LogP contribution in [0, 0.1) is 0 Å². The summed E-state index contributed by atoms with van der Waals surface area (Å²) in [5.41, 5.74) is 1.02. The SMILES string of the molecule is CN(C)c1cc(CNC(=O)NC[C@@H]2CCCO2)ccn1. The average Bonchev–Trinajstić information content (AvgIpc) is 2.96. The molecule has 0 saturated carbocycles. The molecule has 2 rings (SSSR count). The largest absolute Gasteiger partial charge is 0.376 e. The van der Waals surface area contributed by atoms with Crippen LogP contribution in [-0.4, -0.2) is 44.4 Å². The first-order chi connectivity index (χ1) is 9.65. The smallest absolute Gasteiger partial charge is 0.315 e. The predicted molar refractivity (Wildman–Crippen MR) is 77.8 cm³/mol. The number of hydrogen-bond donors (Lipinski definition) is 2. The maximum atomic E-state index is 11.7. The second kappa shape index (κ2) is 7.09. The molecule has 1 aliphatic heterocycles. The highest BCUT2D eigenvalue weighted by atomic mass is 16.5. The maximum Gasteiger partial charge on any atom is 0.315 e. The third-order valence-corrected chi connectivity index (χ3v) is 3.24. The lowest BCUT2D eigenvalue weighted by Crippen LogP contribution is -2.39. The van der Waals surface area contributed by atoms with Gasteiger partial charge < -0.3 is 20.3 Å². The van der Waals surface area contributed by atoms with E-state index in [1.807, 2.05) is 31.1 Å². The zero-order valence-electron chi connectivity index (χ0n) is 12.1. The summed E-state index contributed by atoms with van der Waals surface area (Å²) >= 11 is 0. The normalized spacial score (nSPS) is 17.8.